The molecule has 1 N–H and O–H groups in total. The van der Waals surface area contributed by atoms with Crippen LogP contribution in [0.4, 0.5) is 15.8 Å². The van der Waals surface area contributed by atoms with Crippen molar-refractivity contribution in [3.05, 3.63) is 77.2 Å². The Morgan fingerprint density at radius 3 is 2.73 bits per heavy atom. The fraction of sp³-hybridized carbons (Fsp3) is 0.308. The largest absolute Gasteiger partial charge is 0.474 e. The molecule has 1 fully saturated rings. The Labute approximate surface area is 197 Å². The van der Waals surface area contributed by atoms with E-state index in [1.807, 2.05) is 42.7 Å². The number of anilines is 2. The van der Waals surface area contributed by atoms with Crippen LogP contribution in [0.2, 0.25) is 0 Å². The number of aromatic nitrogens is 1. The summed E-state index contributed by atoms with van der Waals surface area (Å²) in [5.74, 6) is 0.353. The number of pyridine rings is 1. The second-order valence-electron chi connectivity index (χ2n) is 8.39. The number of benzene rings is 2. The van der Waals surface area contributed by atoms with E-state index in [1.54, 1.807) is 30.0 Å². The van der Waals surface area contributed by atoms with E-state index in [1.165, 1.54) is 4.90 Å². The van der Waals surface area contributed by atoms with Crippen molar-refractivity contribution < 1.29 is 13.9 Å². The average Bonchev–Trinajstić information content (AvgIpc) is 2.82. The minimum absolute atomic E-state index is 0.134. The molecule has 0 spiro atoms. The molecule has 0 radical (unpaired) electrons. The zero-order valence-electron chi connectivity index (χ0n) is 18.5. The first-order valence-electron chi connectivity index (χ1n) is 11.2. The number of hydrogen-bond acceptors (Lipinski definition) is 5. The smallest absolute Gasteiger partial charge is 0.270 e. The summed E-state index contributed by atoms with van der Waals surface area (Å²) in [6.45, 7) is 1.52. The summed E-state index contributed by atoms with van der Waals surface area (Å²) in [6, 6.07) is 17.0. The van der Waals surface area contributed by atoms with Crippen molar-refractivity contribution in [2.24, 2.45) is 0 Å². The van der Waals surface area contributed by atoms with Gasteiger partial charge in [-0.1, -0.05) is 18.6 Å². The molecule has 1 aromatic heterocycles. The van der Waals surface area contributed by atoms with Gasteiger partial charge in [-0.25, -0.2) is 9.37 Å². The molecule has 1 amide bonds. The van der Waals surface area contributed by atoms with E-state index < -0.39 is 0 Å². The predicted octanol–water partition coefficient (Wildman–Crippen LogP) is 5.67. The summed E-state index contributed by atoms with van der Waals surface area (Å²) in [5, 5.41) is 2.92. The Morgan fingerprint density at radius 2 is 2.00 bits per heavy atom. The first-order valence-corrected chi connectivity index (χ1v) is 12.5. The Bertz CT molecular complexity index is 1160. The maximum atomic E-state index is 14.4. The maximum Gasteiger partial charge on any atom is 0.270 e. The third kappa shape index (κ3) is 4.55. The van der Waals surface area contributed by atoms with Gasteiger partial charge in [-0.15, -0.1) is 11.8 Å². The van der Waals surface area contributed by atoms with Gasteiger partial charge in [0.05, 0.1) is 6.54 Å². The minimum atomic E-state index is -0.249. The molecular formula is C26H26FN3O2S. The molecule has 0 atom stereocenters. The number of carbonyl (C=O) groups is 1. The number of hydrogen-bond donors (Lipinski definition) is 1. The van der Waals surface area contributed by atoms with Gasteiger partial charge in [-0.05, 0) is 78.6 Å². The molecule has 2 aliphatic rings. The number of ether oxygens (including phenoxy) is 1. The molecule has 2 heterocycles. The van der Waals surface area contributed by atoms with Crippen molar-refractivity contribution in [3.8, 4) is 5.88 Å². The van der Waals surface area contributed by atoms with E-state index in [-0.39, 0.29) is 11.7 Å². The van der Waals surface area contributed by atoms with E-state index in [2.05, 4.69) is 15.2 Å². The van der Waals surface area contributed by atoms with E-state index >= 15 is 0 Å². The average molecular weight is 464 g/mol. The molecule has 2 aromatic carbocycles. The Kier molecular flexibility index (Phi) is 6.22. The van der Waals surface area contributed by atoms with Crippen molar-refractivity contribution in [1.82, 2.24) is 10.3 Å². The summed E-state index contributed by atoms with van der Waals surface area (Å²) in [5.41, 5.74) is 3.85. The number of nitrogens with one attached hydrogen (secondary N) is 1. The first kappa shape index (κ1) is 21.8. The highest BCUT2D eigenvalue weighted by molar-refractivity contribution is 7.98. The van der Waals surface area contributed by atoms with Crippen molar-refractivity contribution in [1.29, 1.82) is 0 Å². The number of rotatable bonds is 6. The number of thioether (sulfide) groups is 1. The topological polar surface area (TPSA) is 54.5 Å². The molecule has 0 unspecified atom stereocenters. The van der Waals surface area contributed by atoms with Crippen LogP contribution in [0.15, 0.2) is 59.5 Å². The van der Waals surface area contributed by atoms with Crippen LogP contribution < -0.4 is 15.0 Å². The van der Waals surface area contributed by atoms with Crippen molar-refractivity contribution >= 4 is 29.0 Å². The molecule has 0 saturated heterocycles. The molecule has 0 bridgehead atoms. The zero-order chi connectivity index (χ0) is 22.8. The SMILES string of the molecule is CSc1ccc(CNC(=O)c2ccc3c(n2)OCCN3c2ccc(F)c(C3CCC3)c2)cc1. The molecule has 7 heteroatoms. The summed E-state index contributed by atoms with van der Waals surface area (Å²) in [6.07, 6.45) is 5.28. The highest BCUT2D eigenvalue weighted by Gasteiger charge is 2.26. The van der Waals surface area contributed by atoms with Crippen LogP contribution in [0.3, 0.4) is 0 Å². The lowest BCUT2D eigenvalue weighted by Crippen LogP contribution is -2.30. The van der Waals surface area contributed by atoms with Gasteiger partial charge in [0.15, 0.2) is 0 Å². The van der Waals surface area contributed by atoms with Crippen LogP contribution in [0.1, 0.15) is 46.8 Å². The van der Waals surface area contributed by atoms with Crippen LogP contribution in [0.25, 0.3) is 0 Å². The summed E-state index contributed by atoms with van der Waals surface area (Å²) >= 11 is 1.68. The van der Waals surface area contributed by atoms with E-state index in [0.717, 1.165) is 41.8 Å². The summed E-state index contributed by atoms with van der Waals surface area (Å²) in [7, 11) is 0. The molecule has 1 aliphatic carbocycles. The third-order valence-electron chi connectivity index (χ3n) is 6.37. The number of amides is 1. The molecule has 1 saturated carbocycles. The van der Waals surface area contributed by atoms with Crippen LogP contribution >= 0.6 is 11.8 Å². The summed E-state index contributed by atoms with van der Waals surface area (Å²) < 4.78 is 20.2. The van der Waals surface area contributed by atoms with Gasteiger partial charge >= 0.3 is 0 Å². The zero-order valence-corrected chi connectivity index (χ0v) is 19.3. The lowest BCUT2D eigenvalue weighted by atomic mass is 9.79. The van der Waals surface area contributed by atoms with Crippen molar-refractivity contribution in [2.75, 3.05) is 24.3 Å². The predicted molar refractivity (Wildman–Crippen MR) is 129 cm³/mol. The van der Waals surface area contributed by atoms with E-state index in [4.69, 9.17) is 4.74 Å². The fourth-order valence-corrected chi connectivity index (χ4v) is 4.65. The van der Waals surface area contributed by atoms with Crippen LogP contribution in [-0.2, 0) is 6.54 Å². The Morgan fingerprint density at radius 1 is 1.18 bits per heavy atom. The molecular weight excluding hydrogens is 437 g/mol. The maximum absolute atomic E-state index is 14.4. The molecule has 170 valence electrons. The minimum Gasteiger partial charge on any atom is -0.474 e. The van der Waals surface area contributed by atoms with Gasteiger partial charge in [0.2, 0.25) is 5.88 Å². The lowest BCUT2D eigenvalue weighted by molar-refractivity contribution is 0.0944. The van der Waals surface area contributed by atoms with Gasteiger partial charge in [-0.3, -0.25) is 4.79 Å². The van der Waals surface area contributed by atoms with E-state index in [9.17, 15) is 9.18 Å². The molecule has 1 aliphatic heterocycles. The number of fused-ring (bicyclic) bond motifs is 1. The van der Waals surface area contributed by atoms with Gasteiger partial charge in [-0.2, -0.15) is 0 Å². The summed E-state index contributed by atoms with van der Waals surface area (Å²) in [4.78, 5) is 20.4. The van der Waals surface area contributed by atoms with Gasteiger partial charge in [0.25, 0.3) is 5.91 Å². The quantitative estimate of drug-likeness (QED) is 0.478. The van der Waals surface area contributed by atoms with Crippen LogP contribution in [0, 0.1) is 5.82 Å². The molecule has 5 rings (SSSR count). The molecule has 3 aromatic rings. The van der Waals surface area contributed by atoms with Crippen LogP contribution in [-0.4, -0.2) is 30.3 Å². The third-order valence-corrected chi connectivity index (χ3v) is 7.11. The number of halogens is 1. The monoisotopic (exact) mass is 463 g/mol. The molecule has 5 nitrogen and oxygen atoms in total. The van der Waals surface area contributed by atoms with Crippen LogP contribution in [0.5, 0.6) is 5.88 Å². The van der Waals surface area contributed by atoms with Crippen molar-refractivity contribution in [2.45, 2.75) is 36.6 Å². The van der Waals surface area contributed by atoms with Gasteiger partial charge in [0, 0.05) is 17.1 Å². The normalized spacial score (nSPS) is 15.4. The Hall–Kier alpha value is -3.06. The number of nitrogens with zero attached hydrogens (tertiary/aromatic N) is 2. The van der Waals surface area contributed by atoms with Gasteiger partial charge < -0.3 is 15.0 Å². The number of carbonyl (C=O) groups excluding carboxylic acids is 1. The second-order valence-corrected chi connectivity index (χ2v) is 9.26. The fourth-order valence-electron chi connectivity index (χ4n) is 4.24. The lowest BCUT2D eigenvalue weighted by Gasteiger charge is -2.32. The second kappa shape index (κ2) is 9.43. The highest BCUT2D eigenvalue weighted by Crippen LogP contribution is 2.41. The first-order chi connectivity index (χ1) is 16.1. The van der Waals surface area contributed by atoms with E-state index in [0.29, 0.717) is 37.2 Å². The van der Waals surface area contributed by atoms with Gasteiger partial charge in [0.1, 0.15) is 23.8 Å². The van der Waals surface area contributed by atoms with Crippen molar-refractivity contribution in [3.63, 3.8) is 0 Å². The Balaban J connectivity index is 1.32. The highest BCUT2D eigenvalue weighted by atomic mass is 32.2. The molecule has 33 heavy (non-hydrogen) atoms. The standard InChI is InChI=1S/C26H26FN3O2S/c1-33-20-8-5-17(6-9-20)16-28-25(31)23-11-12-24-26(29-23)32-14-13-30(24)19-7-10-22(27)21(15-19)18-3-2-4-18/h5-12,15,18H,2-4,13-14,16H2,1H3,(H,28,31).